The van der Waals surface area contributed by atoms with Gasteiger partial charge in [0.15, 0.2) is 6.61 Å². The molecule has 1 aliphatic heterocycles. The lowest BCUT2D eigenvalue weighted by Crippen LogP contribution is -2.36. The van der Waals surface area contributed by atoms with Crippen molar-refractivity contribution in [2.75, 3.05) is 20.3 Å². The van der Waals surface area contributed by atoms with Crippen LogP contribution in [-0.2, 0) is 9.53 Å². The van der Waals surface area contributed by atoms with Gasteiger partial charge in [0.2, 0.25) is 5.82 Å². The highest BCUT2D eigenvalue weighted by molar-refractivity contribution is 5.77. The summed E-state index contributed by atoms with van der Waals surface area (Å²) in [7, 11) is 1.77. The Bertz CT molecular complexity index is 705. The predicted octanol–water partition coefficient (Wildman–Crippen LogP) is 2.83. The Balaban J connectivity index is 1.59. The van der Waals surface area contributed by atoms with Gasteiger partial charge in [-0.25, -0.2) is 0 Å². The topological polar surface area (TPSA) is 77.7 Å². The largest absolute Gasteiger partial charge is 0.484 e. The number of hydrogen-bond acceptors (Lipinski definition) is 6. The first-order valence-electron chi connectivity index (χ1n) is 8.48. The van der Waals surface area contributed by atoms with E-state index in [4.69, 9.17) is 14.0 Å². The number of likely N-dealkylation sites (N-methyl/N-ethyl adjacent to an activating group) is 1. The lowest BCUT2D eigenvalue weighted by molar-refractivity contribution is -0.133. The van der Waals surface area contributed by atoms with Gasteiger partial charge in [0.05, 0.1) is 0 Å². The minimum Gasteiger partial charge on any atom is -0.484 e. The van der Waals surface area contributed by atoms with E-state index in [0.717, 1.165) is 25.0 Å². The molecular formula is C18H23N3O4. The maximum Gasteiger partial charge on any atom is 0.260 e. The van der Waals surface area contributed by atoms with Crippen LogP contribution in [-0.4, -0.2) is 47.3 Å². The lowest BCUT2D eigenvalue weighted by atomic mass is 10.2. The van der Waals surface area contributed by atoms with Gasteiger partial charge in [0.25, 0.3) is 11.8 Å². The zero-order chi connectivity index (χ0) is 17.8. The summed E-state index contributed by atoms with van der Waals surface area (Å²) in [6.45, 7) is 4.67. The fraction of sp³-hybridized carbons (Fsp3) is 0.500. The third kappa shape index (κ3) is 4.17. The second-order valence-electron chi connectivity index (χ2n) is 6.37. The van der Waals surface area contributed by atoms with Gasteiger partial charge in [-0.1, -0.05) is 5.16 Å². The smallest absolute Gasteiger partial charge is 0.260 e. The second kappa shape index (κ2) is 7.65. The van der Waals surface area contributed by atoms with Crippen LogP contribution in [0.5, 0.6) is 5.75 Å². The van der Waals surface area contributed by atoms with E-state index in [9.17, 15) is 4.79 Å². The van der Waals surface area contributed by atoms with Crippen molar-refractivity contribution in [2.24, 2.45) is 0 Å². The van der Waals surface area contributed by atoms with Crippen LogP contribution >= 0.6 is 0 Å². The fourth-order valence-electron chi connectivity index (χ4n) is 2.49. The molecule has 0 saturated carbocycles. The quantitative estimate of drug-likeness (QED) is 0.801. The third-order valence-electron chi connectivity index (χ3n) is 4.29. The Morgan fingerprint density at radius 1 is 1.36 bits per heavy atom. The molecule has 25 heavy (non-hydrogen) atoms. The summed E-state index contributed by atoms with van der Waals surface area (Å²) in [5.74, 6) is 1.61. The molecule has 1 saturated heterocycles. The van der Waals surface area contributed by atoms with E-state index < -0.39 is 0 Å². The maximum absolute atomic E-state index is 11.9. The predicted molar refractivity (Wildman–Crippen MR) is 91.1 cm³/mol. The van der Waals surface area contributed by atoms with Crippen LogP contribution in [0.25, 0.3) is 11.4 Å². The van der Waals surface area contributed by atoms with Crippen LogP contribution in [0.4, 0.5) is 0 Å². The van der Waals surface area contributed by atoms with Crippen molar-refractivity contribution in [3.05, 3.63) is 30.2 Å². The molecule has 2 heterocycles. The van der Waals surface area contributed by atoms with E-state index in [2.05, 4.69) is 10.1 Å². The number of rotatable bonds is 6. The highest BCUT2D eigenvalue weighted by Crippen LogP contribution is 2.29. The van der Waals surface area contributed by atoms with Gasteiger partial charge in [-0.15, -0.1) is 0 Å². The molecule has 1 atom stereocenters. The molecule has 3 rings (SSSR count). The van der Waals surface area contributed by atoms with E-state index in [1.54, 1.807) is 24.1 Å². The summed E-state index contributed by atoms with van der Waals surface area (Å²) in [6.07, 6.45) is 1.83. The van der Waals surface area contributed by atoms with Gasteiger partial charge in [0.1, 0.15) is 11.9 Å². The third-order valence-corrected chi connectivity index (χ3v) is 4.29. The Hall–Kier alpha value is -2.41. The molecule has 0 radical (unpaired) electrons. The molecule has 2 aromatic rings. The summed E-state index contributed by atoms with van der Waals surface area (Å²) in [5.41, 5.74) is 0.825. The molecule has 7 heteroatoms. The van der Waals surface area contributed by atoms with Crippen LogP contribution in [0.1, 0.15) is 38.7 Å². The zero-order valence-electron chi connectivity index (χ0n) is 14.8. The molecule has 1 aliphatic rings. The van der Waals surface area contributed by atoms with E-state index in [1.807, 2.05) is 26.0 Å². The summed E-state index contributed by atoms with van der Waals surface area (Å²) >= 11 is 0. The molecule has 0 aliphatic carbocycles. The van der Waals surface area contributed by atoms with Crippen LogP contribution < -0.4 is 4.74 Å². The molecule has 0 N–H and O–H groups in total. The van der Waals surface area contributed by atoms with Gasteiger partial charge in [-0.05, 0) is 51.0 Å². The molecule has 7 nitrogen and oxygen atoms in total. The van der Waals surface area contributed by atoms with Crippen molar-refractivity contribution in [1.29, 1.82) is 0 Å². The first kappa shape index (κ1) is 17.4. The second-order valence-corrected chi connectivity index (χ2v) is 6.37. The first-order chi connectivity index (χ1) is 12.0. The maximum atomic E-state index is 11.9. The minimum atomic E-state index is -0.0900. The first-order valence-corrected chi connectivity index (χ1v) is 8.48. The van der Waals surface area contributed by atoms with Crippen molar-refractivity contribution in [3.63, 3.8) is 0 Å². The average molecular weight is 345 g/mol. The number of ether oxygens (including phenoxy) is 2. The molecule has 134 valence electrons. The number of carbonyl (C=O) groups excluding carboxylic acids is 1. The monoisotopic (exact) mass is 345 g/mol. The van der Waals surface area contributed by atoms with Gasteiger partial charge >= 0.3 is 0 Å². The summed E-state index contributed by atoms with van der Waals surface area (Å²) in [5, 5.41) is 4.01. The molecule has 0 spiro atoms. The molecular weight excluding hydrogens is 322 g/mol. The van der Waals surface area contributed by atoms with Crippen LogP contribution in [0.15, 0.2) is 28.8 Å². The number of amides is 1. The van der Waals surface area contributed by atoms with E-state index in [1.165, 1.54) is 0 Å². The normalized spacial score (nSPS) is 17.0. The van der Waals surface area contributed by atoms with Crippen molar-refractivity contribution >= 4 is 5.91 Å². The highest BCUT2D eigenvalue weighted by atomic mass is 16.5. The van der Waals surface area contributed by atoms with E-state index in [-0.39, 0.29) is 24.7 Å². The Morgan fingerprint density at radius 2 is 2.12 bits per heavy atom. The van der Waals surface area contributed by atoms with E-state index >= 15 is 0 Å². The SMILES string of the molecule is CC(C)N(C)C(=O)COc1ccc(-c2noc([C@@H]3CCCO3)n2)cc1. The van der Waals surface area contributed by atoms with Gasteiger partial charge in [-0.2, -0.15) is 4.98 Å². The Labute approximate surface area is 146 Å². The summed E-state index contributed by atoms with van der Waals surface area (Å²) in [4.78, 5) is 18.0. The summed E-state index contributed by atoms with van der Waals surface area (Å²) in [6, 6.07) is 7.42. The van der Waals surface area contributed by atoms with Gasteiger partial charge < -0.3 is 18.9 Å². The standard InChI is InChI=1S/C18H23N3O4/c1-12(2)21(3)16(22)11-24-14-8-6-13(7-9-14)17-19-18(25-20-17)15-5-4-10-23-15/h6-9,12,15H,4-5,10-11H2,1-3H3/t15-/m0/s1. The number of benzene rings is 1. The number of carbonyl (C=O) groups is 1. The van der Waals surface area contributed by atoms with Crippen molar-refractivity contribution < 1.29 is 18.8 Å². The highest BCUT2D eigenvalue weighted by Gasteiger charge is 2.24. The molecule has 0 bridgehead atoms. The van der Waals surface area contributed by atoms with Crippen molar-refractivity contribution in [2.45, 2.75) is 38.8 Å². The number of aromatic nitrogens is 2. The molecule has 1 amide bonds. The average Bonchev–Trinajstić information content (AvgIpc) is 3.30. The van der Waals surface area contributed by atoms with Crippen LogP contribution in [0.2, 0.25) is 0 Å². The number of nitrogens with zero attached hydrogens (tertiary/aromatic N) is 3. The number of hydrogen-bond donors (Lipinski definition) is 0. The van der Waals surface area contributed by atoms with Crippen LogP contribution in [0.3, 0.4) is 0 Å². The molecule has 1 aromatic heterocycles. The molecule has 1 fully saturated rings. The molecule has 1 aromatic carbocycles. The van der Waals surface area contributed by atoms with Gasteiger partial charge in [-0.3, -0.25) is 4.79 Å². The van der Waals surface area contributed by atoms with Crippen molar-refractivity contribution in [3.8, 4) is 17.1 Å². The van der Waals surface area contributed by atoms with Crippen LogP contribution in [0, 0.1) is 0 Å². The lowest BCUT2D eigenvalue weighted by Gasteiger charge is -2.21. The molecule has 0 unspecified atom stereocenters. The fourth-order valence-corrected chi connectivity index (χ4v) is 2.49. The summed E-state index contributed by atoms with van der Waals surface area (Å²) < 4.78 is 16.4. The van der Waals surface area contributed by atoms with Crippen molar-refractivity contribution in [1.82, 2.24) is 15.0 Å². The Kier molecular flexibility index (Phi) is 5.33. The van der Waals surface area contributed by atoms with E-state index in [0.29, 0.717) is 17.5 Å². The zero-order valence-corrected chi connectivity index (χ0v) is 14.8. The minimum absolute atomic E-state index is 0.0133. The Morgan fingerprint density at radius 3 is 2.76 bits per heavy atom. The van der Waals surface area contributed by atoms with Gasteiger partial charge in [0, 0.05) is 25.3 Å².